The summed E-state index contributed by atoms with van der Waals surface area (Å²) in [6, 6.07) is 127. The molecule has 0 aliphatic rings. The van der Waals surface area contributed by atoms with Gasteiger partial charge in [-0.25, -0.2) is 0 Å². The molecule has 0 saturated heterocycles. The van der Waals surface area contributed by atoms with Crippen LogP contribution in [0.5, 0.6) is 0 Å². The van der Waals surface area contributed by atoms with Crippen LogP contribution in [0.4, 0.5) is 0 Å². The van der Waals surface area contributed by atoms with E-state index in [1.54, 1.807) is 0 Å². The maximum Gasteiger partial charge on any atom is 2.00 e. The second kappa shape index (κ2) is 59.6. The summed E-state index contributed by atoms with van der Waals surface area (Å²) in [7, 11) is 0. The Morgan fingerprint density at radius 1 is 0.170 bits per heavy atom. The van der Waals surface area contributed by atoms with Gasteiger partial charge in [-0.2, -0.15) is 0 Å². The van der Waals surface area contributed by atoms with Crippen LogP contribution in [0.25, 0.3) is 112 Å². The second-order valence-corrected chi connectivity index (χ2v) is 32.2. The van der Waals surface area contributed by atoms with E-state index in [0.29, 0.717) is 0 Å². The predicted molar refractivity (Wildman–Crippen MR) is 535 cm³/mol. The summed E-state index contributed by atoms with van der Waals surface area (Å²) < 4.78 is 0. The Morgan fingerprint density at radius 2 is 0.400 bits per heavy atom. The Hall–Kier alpha value is -11.3. The van der Waals surface area contributed by atoms with Crippen LogP contribution in [0.3, 0.4) is 0 Å². The third-order valence-corrected chi connectivity index (χ3v) is 20.1. The van der Waals surface area contributed by atoms with Crippen molar-refractivity contribution in [2.75, 3.05) is 0 Å². The van der Waals surface area contributed by atoms with Crippen molar-refractivity contribution < 1.29 is 122 Å². The maximum atomic E-state index is 4.49. The summed E-state index contributed by atoms with van der Waals surface area (Å²) in [6.45, 7) is 35.0. The first-order valence-electron chi connectivity index (χ1n) is 43.0. The molecule has 0 bridgehead atoms. The van der Waals surface area contributed by atoms with Crippen LogP contribution in [0.1, 0.15) is 94.6 Å². The number of fused-ring (bicyclic) bond motifs is 1. The van der Waals surface area contributed by atoms with Gasteiger partial charge in [0.2, 0.25) is 0 Å². The number of nitrogens with zero attached hydrogens (tertiary/aromatic N) is 9. The van der Waals surface area contributed by atoms with Crippen molar-refractivity contribution in [1.29, 1.82) is 0 Å². The zero-order valence-corrected chi connectivity index (χ0v) is 93.2. The number of benzene rings is 10. The van der Waals surface area contributed by atoms with Crippen molar-refractivity contribution >= 4 is 10.8 Å². The van der Waals surface area contributed by atoms with Crippen molar-refractivity contribution in [3.63, 3.8) is 0 Å². The number of hydrogen-bond acceptors (Lipinski definition) is 9. The quantitative estimate of drug-likeness (QED) is 0.130. The van der Waals surface area contributed by atoms with Gasteiger partial charge in [-0.3, -0.25) is 0 Å². The molecule has 9 aromatic heterocycles. The minimum atomic E-state index is 0. The van der Waals surface area contributed by atoms with E-state index in [9.17, 15) is 0 Å². The maximum absolute atomic E-state index is 4.49. The number of aryl methyl sites for hydroxylation is 17. The fraction of sp³-hybridized carbons (Fsp3) is 0.142. The predicted octanol–water partition coefficient (Wildman–Crippen LogP) is 29.3. The van der Waals surface area contributed by atoms with Crippen molar-refractivity contribution in [2.24, 2.45) is 0 Å². The van der Waals surface area contributed by atoms with Gasteiger partial charge < -0.3 is 44.9 Å². The molecule has 9 nitrogen and oxygen atoms in total. The van der Waals surface area contributed by atoms with Gasteiger partial charge in [0, 0.05) is 156 Å². The molecule has 695 valence electrons. The molecule has 0 N–H and O–H groups in total. The van der Waals surface area contributed by atoms with Crippen LogP contribution in [-0.4, -0.2) is 44.9 Å². The molecule has 9 heterocycles. The van der Waals surface area contributed by atoms with Crippen molar-refractivity contribution in [3.8, 4) is 101 Å². The average molecular weight is 2830 g/mol. The van der Waals surface area contributed by atoms with Gasteiger partial charge in [0.25, 0.3) is 0 Å². The van der Waals surface area contributed by atoms with Crippen LogP contribution >= 0.6 is 0 Å². The molecule has 19 rings (SSSR count). The van der Waals surface area contributed by atoms with E-state index >= 15 is 0 Å². The number of aromatic nitrogens is 9. The van der Waals surface area contributed by atoms with Gasteiger partial charge in [-0.05, 0) is 169 Å². The average Bonchev–Trinajstić information content (AvgIpc) is 0.801. The van der Waals surface area contributed by atoms with E-state index < -0.39 is 0 Å². The minimum absolute atomic E-state index is 0. The third-order valence-electron chi connectivity index (χ3n) is 20.1. The standard InChI is InChI=1S/C16H12N.8C13H12N.5Ir.Pt/c1-12-5-4-7-14(11-12)16-15-8-3-2-6-13(15)9-10-17-16;1-10-3-5-12(6-4-10)13-9-11(2)7-8-14-13;1-10-4-3-5-12(8-10)13-9-11(2)6-7-14-13;6*1-10-4-3-5-12(8-10)13-7-6-11(2)9-14-13;;;;;;/h2-6,8-11H,1H3;3-5,7-9H,1-2H3;7*3-4,6-9H,1-2H3;;;;;;/q9*-1;;;;;;+2. The van der Waals surface area contributed by atoms with E-state index in [4.69, 9.17) is 0 Å². The fourth-order valence-corrected chi connectivity index (χ4v) is 12.9. The zero-order chi connectivity index (χ0) is 91.4. The van der Waals surface area contributed by atoms with Crippen LogP contribution in [-0.2, 0) is 122 Å². The molecule has 0 unspecified atom stereocenters. The first kappa shape index (κ1) is 114. The molecule has 0 aliphatic carbocycles. The Labute approximate surface area is 883 Å². The van der Waals surface area contributed by atoms with Crippen LogP contribution in [0.15, 0.2) is 347 Å². The molecule has 15 heteroatoms. The Morgan fingerprint density at radius 3 is 0.644 bits per heavy atom. The van der Waals surface area contributed by atoms with Crippen LogP contribution in [0, 0.1) is 172 Å². The van der Waals surface area contributed by atoms with Gasteiger partial charge in [0.1, 0.15) is 0 Å². The van der Waals surface area contributed by atoms with Gasteiger partial charge >= 0.3 is 21.1 Å². The van der Waals surface area contributed by atoms with E-state index in [0.717, 1.165) is 101 Å². The minimum Gasteiger partial charge on any atom is -0.305 e. The number of hydrogen-bond donors (Lipinski definition) is 0. The van der Waals surface area contributed by atoms with Crippen LogP contribution in [0.2, 0.25) is 0 Å². The summed E-state index contributed by atoms with van der Waals surface area (Å²) in [6.07, 6.45) is 16.8. The fourth-order valence-electron chi connectivity index (χ4n) is 12.9. The summed E-state index contributed by atoms with van der Waals surface area (Å²) in [4.78, 5) is 39.3. The molecular formula is C120H108Ir5N9Pt-7. The van der Waals surface area contributed by atoms with E-state index in [1.807, 2.05) is 261 Å². The molecule has 10 aromatic carbocycles. The smallest absolute Gasteiger partial charge is 0.305 e. The first-order chi connectivity index (χ1) is 62.4. The van der Waals surface area contributed by atoms with E-state index in [1.165, 1.54) is 105 Å². The van der Waals surface area contributed by atoms with Crippen molar-refractivity contribution in [1.82, 2.24) is 44.9 Å². The topological polar surface area (TPSA) is 116 Å². The first-order valence-corrected chi connectivity index (χ1v) is 43.0. The Bertz CT molecular complexity index is 5840. The van der Waals surface area contributed by atoms with Crippen LogP contribution < -0.4 is 0 Å². The Balaban J connectivity index is 0.000000267. The van der Waals surface area contributed by atoms with Gasteiger partial charge in [0.05, 0.1) is 0 Å². The Kier molecular flexibility index (Phi) is 50.4. The molecule has 19 aromatic rings. The molecule has 0 aliphatic heterocycles. The molecule has 0 atom stereocenters. The SMILES string of the molecule is Cc1c[c-]c(-c2cc(C)ccn2)cc1.Cc1cc[c-]c(-c2cc(C)ccn2)c1.Cc1cc[c-]c(-c2nccc3ccccc23)c1.Cc1ccc(-c2[c-]ccc(C)c2)nc1.Cc1ccc(-c2[c-]ccc(C)c2)nc1.Cc1ccc(-c2[c-]ccc(C)c2)nc1.Cc1ccc(-c2[c-]ccc(C)c2)nc1.Cc1ccc(-c2[c-]ccc(C)c2)nc1.Cc1ccc(-c2[c-]ccc(C)c2)nc1.[Ir].[Ir].[Ir].[Ir].[Ir].[Pt+2]. The monoisotopic (exact) mass is 2830 g/mol. The van der Waals surface area contributed by atoms with Gasteiger partial charge in [-0.1, -0.05) is 183 Å². The molecule has 0 spiro atoms. The van der Waals surface area contributed by atoms with Gasteiger partial charge in [0.15, 0.2) is 0 Å². The molecule has 135 heavy (non-hydrogen) atoms. The third kappa shape index (κ3) is 38.4. The van der Waals surface area contributed by atoms with E-state index in [-0.39, 0.29) is 122 Å². The summed E-state index contributed by atoms with van der Waals surface area (Å²) in [5, 5.41) is 2.39. The summed E-state index contributed by atoms with van der Waals surface area (Å²) >= 11 is 0. The molecular weight excluding hydrogens is 2720 g/mol. The molecule has 0 fully saturated rings. The van der Waals surface area contributed by atoms with Gasteiger partial charge in [-0.15, -0.1) is 319 Å². The summed E-state index contributed by atoms with van der Waals surface area (Å²) in [5.74, 6) is 0. The number of rotatable bonds is 9. The zero-order valence-electron chi connectivity index (χ0n) is 78.9. The van der Waals surface area contributed by atoms with Crippen molar-refractivity contribution in [2.45, 2.75) is 118 Å². The summed E-state index contributed by atoms with van der Waals surface area (Å²) in [5.41, 5.74) is 39.1. The molecule has 0 amide bonds. The normalized spacial score (nSPS) is 9.76. The second-order valence-electron chi connectivity index (χ2n) is 32.2. The van der Waals surface area contributed by atoms with Crippen molar-refractivity contribution in [3.05, 3.63) is 496 Å². The number of pyridine rings is 9. The van der Waals surface area contributed by atoms with E-state index in [2.05, 4.69) is 303 Å². The molecule has 0 saturated carbocycles. The molecule has 5 radical (unpaired) electrons. The largest absolute Gasteiger partial charge is 2.00 e.